The van der Waals surface area contributed by atoms with Gasteiger partial charge in [-0.15, -0.1) is 0 Å². The molecular formula is C13H17NO. The minimum atomic E-state index is 0.560. The molecule has 1 saturated heterocycles. The Balaban J connectivity index is 1.70. The smallest absolute Gasteiger partial charge is 0.119 e. The van der Waals surface area contributed by atoms with Crippen LogP contribution in [0.15, 0.2) is 42.5 Å². The molecule has 1 fully saturated rings. The van der Waals surface area contributed by atoms with Crippen LogP contribution in [-0.2, 0) is 0 Å². The maximum Gasteiger partial charge on any atom is 0.119 e. The van der Waals surface area contributed by atoms with Crippen molar-refractivity contribution >= 4 is 0 Å². The van der Waals surface area contributed by atoms with Gasteiger partial charge in [0.1, 0.15) is 12.4 Å². The third kappa shape index (κ3) is 3.40. The fourth-order valence-corrected chi connectivity index (χ4v) is 1.76. The minimum absolute atomic E-state index is 0.560. The van der Waals surface area contributed by atoms with Gasteiger partial charge in [-0.2, -0.15) is 0 Å². The van der Waals surface area contributed by atoms with Crippen LogP contribution in [0, 0.1) is 0 Å². The first-order valence-corrected chi connectivity index (χ1v) is 5.53. The molecule has 1 aliphatic rings. The lowest BCUT2D eigenvalue weighted by Crippen LogP contribution is -2.18. The van der Waals surface area contributed by atoms with Gasteiger partial charge in [0.05, 0.1) is 0 Å². The zero-order valence-corrected chi connectivity index (χ0v) is 8.86. The van der Waals surface area contributed by atoms with Crippen molar-refractivity contribution < 1.29 is 4.74 Å². The van der Waals surface area contributed by atoms with Gasteiger partial charge in [-0.25, -0.2) is 0 Å². The van der Waals surface area contributed by atoms with Gasteiger partial charge < -0.3 is 10.1 Å². The first-order chi connectivity index (χ1) is 7.45. The third-order valence-corrected chi connectivity index (χ3v) is 2.56. The standard InChI is InChI=1S/C13H17NO/c1-2-8-13(9-3-1)15-11-5-7-12-6-4-10-14-12/h1-3,5,7-9,12,14H,4,6,10-11H2. The molecule has 0 amide bonds. The number of hydrogen-bond acceptors (Lipinski definition) is 2. The van der Waals surface area contributed by atoms with Crippen LogP contribution in [0.25, 0.3) is 0 Å². The van der Waals surface area contributed by atoms with Crippen molar-refractivity contribution in [2.75, 3.05) is 13.2 Å². The van der Waals surface area contributed by atoms with Gasteiger partial charge in [0.15, 0.2) is 0 Å². The molecule has 1 aliphatic heterocycles. The van der Waals surface area contributed by atoms with Gasteiger partial charge in [-0.3, -0.25) is 0 Å². The van der Waals surface area contributed by atoms with Crippen LogP contribution >= 0.6 is 0 Å². The summed E-state index contributed by atoms with van der Waals surface area (Å²) < 4.78 is 5.55. The van der Waals surface area contributed by atoms with Crippen LogP contribution in [0.5, 0.6) is 5.75 Å². The highest BCUT2D eigenvalue weighted by Crippen LogP contribution is 2.09. The summed E-state index contributed by atoms with van der Waals surface area (Å²) in [5, 5.41) is 3.41. The van der Waals surface area contributed by atoms with Crippen molar-refractivity contribution in [1.29, 1.82) is 0 Å². The molecule has 1 atom stereocenters. The van der Waals surface area contributed by atoms with E-state index in [1.54, 1.807) is 0 Å². The maximum absolute atomic E-state index is 5.55. The largest absolute Gasteiger partial charge is 0.490 e. The van der Waals surface area contributed by atoms with Crippen molar-refractivity contribution in [3.8, 4) is 5.75 Å². The first kappa shape index (κ1) is 10.2. The molecule has 1 aromatic carbocycles. The predicted octanol–water partition coefficient (Wildman–Crippen LogP) is 2.37. The van der Waals surface area contributed by atoms with Gasteiger partial charge in [-0.1, -0.05) is 24.3 Å². The van der Waals surface area contributed by atoms with Crippen molar-refractivity contribution in [1.82, 2.24) is 5.32 Å². The maximum atomic E-state index is 5.55. The predicted molar refractivity (Wildman–Crippen MR) is 62.1 cm³/mol. The Morgan fingerprint density at radius 1 is 1.33 bits per heavy atom. The molecule has 0 spiro atoms. The molecule has 0 aromatic heterocycles. The van der Waals surface area contributed by atoms with Gasteiger partial charge in [0.2, 0.25) is 0 Å². The van der Waals surface area contributed by atoms with Gasteiger partial charge in [0, 0.05) is 6.04 Å². The first-order valence-electron chi connectivity index (χ1n) is 5.53. The molecule has 1 aromatic rings. The molecule has 0 aliphatic carbocycles. The van der Waals surface area contributed by atoms with Crippen LogP contribution in [-0.4, -0.2) is 19.2 Å². The summed E-state index contributed by atoms with van der Waals surface area (Å²) in [5.74, 6) is 0.932. The van der Waals surface area contributed by atoms with Crippen molar-refractivity contribution in [2.24, 2.45) is 0 Å². The van der Waals surface area contributed by atoms with E-state index in [9.17, 15) is 0 Å². The number of benzene rings is 1. The summed E-state index contributed by atoms with van der Waals surface area (Å²) in [6.45, 7) is 1.80. The Hall–Kier alpha value is -1.28. The second-order valence-corrected chi connectivity index (χ2v) is 3.76. The van der Waals surface area contributed by atoms with Crippen LogP contribution in [0.1, 0.15) is 12.8 Å². The summed E-state index contributed by atoms with van der Waals surface area (Å²) in [4.78, 5) is 0. The molecule has 2 heteroatoms. The Kier molecular flexibility index (Phi) is 3.80. The number of para-hydroxylation sites is 1. The van der Waals surface area contributed by atoms with E-state index < -0.39 is 0 Å². The normalized spacial score (nSPS) is 20.9. The summed E-state index contributed by atoms with van der Waals surface area (Å²) >= 11 is 0. The van der Waals surface area contributed by atoms with E-state index in [1.807, 2.05) is 30.3 Å². The second-order valence-electron chi connectivity index (χ2n) is 3.76. The van der Waals surface area contributed by atoms with E-state index in [-0.39, 0.29) is 0 Å². The van der Waals surface area contributed by atoms with E-state index in [0.29, 0.717) is 12.6 Å². The van der Waals surface area contributed by atoms with Crippen LogP contribution < -0.4 is 10.1 Å². The lowest BCUT2D eigenvalue weighted by atomic mass is 10.2. The molecule has 1 N–H and O–H groups in total. The monoisotopic (exact) mass is 203 g/mol. The molecule has 1 unspecified atom stereocenters. The fourth-order valence-electron chi connectivity index (χ4n) is 1.76. The molecule has 0 bridgehead atoms. The molecule has 80 valence electrons. The molecule has 2 rings (SSSR count). The quantitative estimate of drug-likeness (QED) is 0.759. The highest BCUT2D eigenvalue weighted by atomic mass is 16.5. The minimum Gasteiger partial charge on any atom is -0.490 e. The molecule has 2 nitrogen and oxygen atoms in total. The topological polar surface area (TPSA) is 21.3 Å². The summed E-state index contributed by atoms with van der Waals surface area (Å²) in [5.41, 5.74) is 0. The molecular weight excluding hydrogens is 186 g/mol. The van der Waals surface area contributed by atoms with Crippen LogP contribution in [0.2, 0.25) is 0 Å². The molecule has 0 radical (unpaired) electrons. The highest BCUT2D eigenvalue weighted by Gasteiger charge is 2.09. The summed E-state index contributed by atoms with van der Waals surface area (Å²) in [6, 6.07) is 10.5. The fraction of sp³-hybridized carbons (Fsp3) is 0.385. The number of nitrogens with one attached hydrogen (secondary N) is 1. The lowest BCUT2D eigenvalue weighted by molar-refractivity contribution is 0.362. The van der Waals surface area contributed by atoms with E-state index in [4.69, 9.17) is 4.74 Å². The SMILES string of the molecule is C(=CC1CCCN1)COc1ccccc1. The van der Waals surface area contributed by atoms with Crippen molar-refractivity contribution in [3.05, 3.63) is 42.5 Å². The van der Waals surface area contributed by atoms with Gasteiger partial charge in [0.25, 0.3) is 0 Å². The van der Waals surface area contributed by atoms with E-state index >= 15 is 0 Å². The van der Waals surface area contributed by atoms with E-state index in [2.05, 4.69) is 17.5 Å². The zero-order valence-electron chi connectivity index (χ0n) is 8.86. The van der Waals surface area contributed by atoms with Crippen LogP contribution in [0.3, 0.4) is 0 Å². The van der Waals surface area contributed by atoms with Gasteiger partial charge in [-0.05, 0) is 37.6 Å². The Morgan fingerprint density at radius 2 is 2.20 bits per heavy atom. The Bertz CT molecular complexity index is 302. The van der Waals surface area contributed by atoms with Crippen LogP contribution in [0.4, 0.5) is 0 Å². The summed E-state index contributed by atoms with van der Waals surface area (Å²) in [6.07, 6.45) is 6.84. The van der Waals surface area contributed by atoms with E-state index in [0.717, 1.165) is 12.3 Å². The average Bonchev–Trinajstić information content (AvgIpc) is 2.79. The number of hydrogen-bond donors (Lipinski definition) is 1. The Labute approximate surface area is 91.0 Å². The second kappa shape index (κ2) is 5.56. The van der Waals surface area contributed by atoms with Gasteiger partial charge >= 0.3 is 0 Å². The zero-order chi connectivity index (χ0) is 10.3. The third-order valence-electron chi connectivity index (χ3n) is 2.56. The molecule has 1 heterocycles. The average molecular weight is 203 g/mol. The van der Waals surface area contributed by atoms with Crippen molar-refractivity contribution in [3.63, 3.8) is 0 Å². The molecule has 0 saturated carbocycles. The summed E-state index contributed by atoms with van der Waals surface area (Å²) in [7, 11) is 0. The highest BCUT2D eigenvalue weighted by molar-refractivity contribution is 5.21. The van der Waals surface area contributed by atoms with E-state index in [1.165, 1.54) is 12.8 Å². The Morgan fingerprint density at radius 3 is 2.93 bits per heavy atom. The molecule has 15 heavy (non-hydrogen) atoms. The van der Waals surface area contributed by atoms with Crippen molar-refractivity contribution in [2.45, 2.75) is 18.9 Å². The number of rotatable bonds is 4. The lowest BCUT2D eigenvalue weighted by Gasteiger charge is -2.04. The number of ether oxygens (including phenoxy) is 1.